The lowest BCUT2D eigenvalue weighted by atomic mass is 9.91. The van der Waals surface area contributed by atoms with Gasteiger partial charge in [0.2, 0.25) is 0 Å². The molecule has 13 heavy (non-hydrogen) atoms. The Morgan fingerprint density at radius 3 is 2.85 bits per heavy atom. The molecular weight excluding hydrogens is 164 g/mol. The van der Waals surface area contributed by atoms with E-state index < -0.39 is 11.7 Å². The van der Waals surface area contributed by atoms with Crippen LogP contribution in [0.1, 0.15) is 19.4 Å². The highest BCUT2D eigenvalue weighted by molar-refractivity contribution is 5.36. The van der Waals surface area contributed by atoms with Crippen molar-refractivity contribution < 1.29 is 9.84 Å². The van der Waals surface area contributed by atoms with Gasteiger partial charge in [0.25, 0.3) is 0 Å². The summed E-state index contributed by atoms with van der Waals surface area (Å²) in [6.45, 7) is 3.82. The minimum atomic E-state index is -0.464. The lowest BCUT2D eigenvalue weighted by Crippen LogP contribution is -2.46. The topological polar surface area (TPSA) is 29.5 Å². The van der Waals surface area contributed by atoms with Gasteiger partial charge >= 0.3 is 0 Å². The second-order valence-electron chi connectivity index (χ2n) is 4.03. The fourth-order valence-corrected chi connectivity index (χ4v) is 1.58. The number of aliphatic hydroxyl groups excluding tert-OH is 1. The van der Waals surface area contributed by atoms with Gasteiger partial charge in [-0.15, -0.1) is 0 Å². The zero-order chi connectivity index (χ0) is 9.47. The van der Waals surface area contributed by atoms with E-state index in [1.54, 1.807) is 0 Å². The Morgan fingerprint density at radius 1 is 1.38 bits per heavy atom. The summed E-state index contributed by atoms with van der Waals surface area (Å²) in [5.74, 6) is 0.901. The first-order valence-corrected chi connectivity index (χ1v) is 4.54. The summed E-state index contributed by atoms with van der Waals surface area (Å²) < 4.78 is 5.68. The number of aliphatic hydroxyl groups is 1. The molecule has 0 saturated heterocycles. The third-order valence-corrected chi connectivity index (χ3v) is 2.56. The molecule has 1 aromatic carbocycles. The second-order valence-corrected chi connectivity index (χ2v) is 4.03. The van der Waals surface area contributed by atoms with Crippen LogP contribution in [-0.2, 0) is 6.42 Å². The average molecular weight is 178 g/mol. The molecular formula is C11H14O2. The molecule has 2 nitrogen and oxygen atoms in total. The van der Waals surface area contributed by atoms with Gasteiger partial charge in [0, 0.05) is 6.42 Å². The van der Waals surface area contributed by atoms with Crippen LogP contribution in [0.2, 0.25) is 0 Å². The third kappa shape index (κ3) is 1.42. The van der Waals surface area contributed by atoms with Gasteiger partial charge < -0.3 is 9.84 Å². The van der Waals surface area contributed by atoms with Crippen molar-refractivity contribution in [1.29, 1.82) is 0 Å². The van der Waals surface area contributed by atoms with E-state index in [1.807, 2.05) is 38.1 Å². The van der Waals surface area contributed by atoms with Crippen molar-refractivity contribution >= 4 is 0 Å². The molecule has 0 aliphatic carbocycles. The van der Waals surface area contributed by atoms with Gasteiger partial charge in [0.05, 0.1) is 6.10 Å². The van der Waals surface area contributed by atoms with Crippen LogP contribution in [-0.4, -0.2) is 16.8 Å². The molecule has 1 aromatic rings. The minimum Gasteiger partial charge on any atom is -0.485 e. The number of fused-ring (bicyclic) bond motifs is 1. The molecule has 0 radical (unpaired) electrons. The summed E-state index contributed by atoms with van der Waals surface area (Å²) in [6.07, 6.45) is 0.269. The van der Waals surface area contributed by atoms with Crippen molar-refractivity contribution in [3.05, 3.63) is 29.8 Å². The zero-order valence-electron chi connectivity index (χ0n) is 7.95. The number of rotatable bonds is 0. The predicted molar refractivity (Wildman–Crippen MR) is 50.9 cm³/mol. The maximum absolute atomic E-state index is 9.76. The van der Waals surface area contributed by atoms with Crippen LogP contribution in [0.4, 0.5) is 0 Å². The van der Waals surface area contributed by atoms with Crippen molar-refractivity contribution in [3.63, 3.8) is 0 Å². The fourth-order valence-electron chi connectivity index (χ4n) is 1.58. The minimum absolute atomic E-state index is 0.414. The van der Waals surface area contributed by atoms with Gasteiger partial charge in [-0.3, -0.25) is 0 Å². The molecule has 0 bridgehead atoms. The molecule has 1 aliphatic rings. The van der Waals surface area contributed by atoms with E-state index in [4.69, 9.17) is 4.74 Å². The van der Waals surface area contributed by atoms with Crippen LogP contribution in [0.25, 0.3) is 0 Å². The zero-order valence-corrected chi connectivity index (χ0v) is 7.95. The van der Waals surface area contributed by atoms with Crippen LogP contribution < -0.4 is 4.74 Å². The van der Waals surface area contributed by atoms with Crippen LogP contribution >= 0.6 is 0 Å². The SMILES string of the molecule is CC1(C)Oc2ccccc2CC1O. The fraction of sp³-hybridized carbons (Fsp3) is 0.455. The highest BCUT2D eigenvalue weighted by Gasteiger charge is 2.35. The first kappa shape index (κ1) is 8.57. The van der Waals surface area contributed by atoms with Gasteiger partial charge in [-0.1, -0.05) is 18.2 Å². The summed E-state index contributed by atoms with van der Waals surface area (Å²) in [4.78, 5) is 0. The Kier molecular flexibility index (Phi) is 1.81. The summed E-state index contributed by atoms with van der Waals surface area (Å²) in [5.41, 5.74) is 0.628. The molecule has 0 amide bonds. The number of benzene rings is 1. The van der Waals surface area contributed by atoms with E-state index in [0.29, 0.717) is 6.42 Å². The molecule has 70 valence electrons. The van der Waals surface area contributed by atoms with Gasteiger partial charge in [-0.25, -0.2) is 0 Å². The Bertz CT molecular complexity index is 318. The molecule has 0 fully saturated rings. The molecule has 1 heterocycles. The Labute approximate surface area is 78.2 Å². The maximum atomic E-state index is 9.76. The molecule has 0 aromatic heterocycles. The second kappa shape index (κ2) is 2.74. The Morgan fingerprint density at radius 2 is 2.08 bits per heavy atom. The predicted octanol–water partition coefficient (Wildman–Crippen LogP) is 1.76. The van der Waals surface area contributed by atoms with Gasteiger partial charge in [0.15, 0.2) is 0 Å². The van der Waals surface area contributed by atoms with Gasteiger partial charge in [-0.05, 0) is 25.5 Å². The number of ether oxygens (including phenoxy) is 1. The molecule has 1 unspecified atom stereocenters. The van der Waals surface area contributed by atoms with E-state index in [-0.39, 0.29) is 0 Å². The Hall–Kier alpha value is -1.02. The average Bonchev–Trinajstić information content (AvgIpc) is 2.06. The first-order chi connectivity index (χ1) is 6.09. The van der Waals surface area contributed by atoms with Gasteiger partial charge in [0.1, 0.15) is 11.4 Å². The van der Waals surface area contributed by atoms with Crippen molar-refractivity contribution in [2.24, 2.45) is 0 Å². The number of hydrogen-bond donors (Lipinski definition) is 1. The van der Waals surface area contributed by atoms with Crippen LogP contribution in [0.15, 0.2) is 24.3 Å². The van der Waals surface area contributed by atoms with E-state index >= 15 is 0 Å². The lowest BCUT2D eigenvalue weighted by molar-refractivity contribution is -0.0411. The summed E-state index contributed by atoms with van der Waals surface area (Å²) in [7, 11) is 0. The van der Waals surface area contributed by atoms with Crippen LogP contribution in [0, 0.1) is 0 Å². The molecule has 0 saturated carbocycles. The maximum Gasteiger partial charge on any atom is 0.129 e. The molecule has 1 atom stereocenters. The van der Waals surface area contributed by atoms with Crippen molar-refractivity contribution in [2.75, 3.05) is 0 Å². The highest BCUT2D eigenvalue weighted by atomic mass is 16.5. The smallest absolute Gasteiger partial charge is 0.129 e. The quantitative estimate of drug-likeness (QED) is 0.656. The summed E-state index contributed by atoms with van der Waals surface area (Å²) >= 11 is 0. The third-order valence-electron chi connectivity index (χ3n) is 2.56. The first-order valence-electron chi connectivity index (χ1n) is 4.54. The van der Waals surface area contributed by atoms with E-state index in [1.165, 1.54) is 0 Å². The molecule has 2 rings (SSSR count). The van der Waals surface area contributed by atoms with Crippen LogP contribution in [0.5, 0.6) is 5.75 Å². The lowest BCUT2D eigenvalue weighted by Gasteiger charge is -2.36. The van der Waals surface area contributed by atoms with E-state index in [0.717, 1.165) is 11.3 Å². The molecule has 1 N–H and O–H groups in total. The summed E-state index contributed by atoms with van der Waals surface area (Å²) in [6, 6.07) is 7.86. The highest BCUT2D eigenvalue weighted by Crippen LogP contribution is 2.32. The van der Waals surface area contributed by atoms with Crippen molar-refractivity contribution in [1.82, 2.24) is 0 Å². The monoisotopic (exact) mass is 178 g/mol. The molecule has 1 aliphatic heterocycles. The van der Waals surface area contributed by atoms with Crippen molar-refractivity contribution in [3.8, 4) is 5.75 Å². The summed E-state index contributed by atoms with van der Waals surface area (Å²) in [5, 5.41) is 9.76. The normalized spacial score (nSPS) is 24.7. The standard InChI is InChI=1S/C11H14O2/c1-11(2)10(12)7-8-5-3-4-6-9(8)13-11/h3-6,10,12H,7H2,1-2H3. The Balaban J connectivity index is 2.39. The molecule has 0 spiro atoms. The largest absolute Gasteiger partial charge is 0.485 e. The van der Waals surface area contributed by atoms with E-state index in [9.17, 15) is 5.11 Å². The molecule has 2 heteroatoms. The van der Waals surface area contributed by atoms with Gasteiger partial charge in [-0.2, -0.15) is 0 Å². The number of hydrogen-bond acceptors (Lipinski definition) is 2. The van der Waals surface area contributed by atoms with Crippen LogP contribution in [0.3, 0.4) is 0 Å². The van der Waals surface area contributed by atoms with Crippen molar-refractivity contribution in [2.45, 2.75) is 32.0 Å². The number of para-hydroxylation sites is 1. The van der Waals surface area contributed by atoms with E-state index in [2.05, 4.69) is 0 Å².